The predicted octanol–water partition coefficient (Wildman–Crippen LogP) is 4.66. The third-order valence-electron chi connectivity index (χ3n) is 5.56. The van der Waals surface area contributed by atoms with Crippen LogP contribution in [0.15, 0.2) is 67.3 Å². The average Bonchev–Trinajstić information content (AvgIpc) is 3.46. The number of anilines is 3. The zero-order valence-corrected chi connectivity index (χ0v) is 19.9. The molecule has 3 aromatic heterocycles. The maximum Gasteiger partial charge on any atom is 0.324 e. The van der Waals surface area contributed by atoms with Gasteiger partial charge in [-0.3, -0.25) is 9.88 Å². The molecule has 0 fully saturated rings. The first-order valence-corrected chi connectivity index (χ1v) is 11.2. The maximum atomic E-state index is 13.4. The van der Waals surface area contributed by atoms with Crippen LogP contribution in [0.2, 0.25) is 0 Å². The molecule has 0 radical (unpaired) electrons. The van der Waals surface area contributed by atoms with Crippen LogP contribution < -0.4 is 16.4 Å². The van der Waals surface area contributed by atoms with Crippen LogP contribution in [0.1, 0.15) is 26.5 Å². The molecule has 10 nitrogen and oxygen atoms in total. The lowest BCUT2D eigenvalue weighted by molar-refractivity contribution is 0.262. The Hall–Kier alpha value is -4.80. The van der Waals surface area contributed by atoms with Gasteiger partial charge in [-0.2, -0.15) is 5.10 Å². The van der Waals surface area contributed by atoms with E-state index in [1.165, 1.54) is 18.5 Å². The van der Waals surface area contributed by atoms with Crippen molar-refractivity contribution in [2.75, 3.05) is 16.4 Å². The Morgan fingerprint density at radius 2 is 1.64 bits per heavy atom. The van der Waals surface area contributed by atoms with Gasteiger partial charge >= 0.3 is 6.03 Å². The molecule has 36 heavy (non-hydrogen) atoms. The van der Waals surface area contributed by atoms with E-state index in [2.05, 4.69) is 30.7 Å². The molecule has 2 amide bonds. The van der Waals surface area contributed by atoms with Crippen LogP contribution >= 0.6 is 0 Å². The molecular weight excluding hydrogens is 461 g/mol. The number of nitrogens with one attached hydrogen (secondary N) is 2. The lowest BCUT2D eigenvalue weighted by Gasteiger charge is -2.14. The summed E-state index contributed by atoms with van der Waals surface area (Å²) in [6.07, 6.45) is 3.01. The fourth-order valence-corrected chi connectivity index (χ4v) is 3.64. The molecule has 3 heterocycles. The summed E-state index contributed by atoms with van der Waals surface area (Å²) in [5.41, 5.74) is 9.51. The summed E-state index contributed by atoms with van der Waals surface area (Å²) in [5, 5.41) is 10.3. The smallest absolute Gasteiger partial charge is 0.324 e. The van der Waals surface area contributed by atoms with Crippen LogP contribution in [-0.4, -0.2) is 35.3 Å². The van der Waals surface area contributed by atoms with Crippen LogP contribution in [0.3, 0.4) is 0 Å². The second kappa shape index (κ2) is 8.77. The number of fused-ring (bicyclic) bond motifs is 1. The number of aromatic nitrogens is 6. The first-order valence-electron chi connectivity index (χ1n) is 11.2. The minimum atomic E-state index is -0.444. The van der Waals surface area contributed by atoms with E-state index >= 15 is 0 Å². The first kappa shape index (κ1) is 23.0. The number of hydrogen-bond acceptors (Lipinski definition) is 6. The van der Waals surface area contributed by atoms with Crippen LogP contribution in [0.4, 0.5) is 26.5 Å². The number of amides is 2. The van der Waals surface area contributed by atoms with Crippen molar-refractivity contribution < 1.29 is 9.18 Å². The van der Waals surface area contributed by atoms with Gasteiger partial charge < -0.3 is 11.1 Å². The Labute approximate surface area is 206 Å². The number of urea groups is 1. The molecule has 5 rings (SSSR count). The van der Waals surface area contributed by atoms with Gasteiger partial charge in [0.2, 0.25) is 0 Å². The molecule has 11 heteroatoms. The van der Waals surface area contributed by atoms with E-state index in [1.807, 2.05) is 39.0 Å². The fraction of sp³-hybridized carbons (Fsp3) is 0.160. The Morgan fingerprint density at radius 3 is 2.33 bits per heavy atom. The highest BCUT2D eigenvalue weighted by molar-refractivity contribution is 5.99. The van der Waals surface area contributed by atoms with Crippen molar-refractivity contribution in [3.8, 4) is 11.4 Å². The minimum Gasteiger partial charge on any atom is -0.382 e. The summed E-state index contributed by atoms with van der Waals surface area (Å²) in [4.78, 5) is 25.3. The van der Waals surface area contributed by atoms with Crippen LogP contribution in [0.25, 0.3) is 22.5 Å². The number of nitrogens with zero attached hydrogens (tertiary/aromatic N) is 6. The third-order valence-corrected chi connectivity index (χ3v) is 5.56. The molecule has 0 unspecified atom stereocenters. The normalized spacial score (nSPS) is 11.6. The molecule has 2 aromatic carbocycles. The van der Waals surface area contributed by atoms with Crippen molar-refractivity contribution in [1.29, 1.82) is 0 Å². The van der Waals surface area contributed by atoms with E-state index in [4.69, 9.17) is 5.73 Å². The van der Waals surface area contributed by atoms with Gasteiger partial charge in [0.25, 0.3) is 0 Å². The molecule has 0 atom stereocenters. The predicted molar refractivity (Wildman–Crippen MR) is 136 cm³/mol. The van der Waals surface area contributed by atoms with Gasteiger partial charge in [0.15, 0.2) is 17.0 Å². The van der Waals surface area contributed by atoms with Crippen molar-refractivity contribution in [1.82, 2.24) is 29.3 Å². The number of carbonyl (C=O) groups excluding carboxylic acids is 1. The van der Waals surface area contributed by atoms with Crippen LogP contribution in [0, 0.1) is 5.82 Å². The van der Waals surface area contributed by atoms with Crippen LogP contribution in [-0.2, 0) is 5.41 Å². The highest BCUT2D eigenvalue weighted by Crippen LogP contribution is 2.27. The average molecular weight is 486 g/mol. The molecule has 5 aromatic rings. The van der Waals surface area contributed by atoms with Crippen LogP contribution in [0.5, 0.6) is 0 Å². The summed E-state index contributed by atoms with van der Waals surface area (Å²) < 4.78 is 16.8. The van der Waals surface area contributed by atoms with E-state index in [9.17, 15) is 9.18 Å². The molecule has 0 saturated carbocycles. The number of imidazole rings is 1. The van der Waals surface area contributed by atoms with Gasteiger partial charge in [-0.15, -0.1) is 0 Å². The Kier molecular flexibility index (Phi) is 5.59. The number of halogens is 1. The van der Waals surface area contributed by atoms with Gasteiger partial charge in [0, 0.05) is 22.9 Å². The molecule has 0 aliphatic heterocycles. The number of benzene rings is 2. The Bertz CT molecular complexity index is 1550. The second-order valence-corrected chi connectivity index (χ2v) is 9.22. The largest absolute Gasteiger partial charge is 0.382 e. The van der Waals surface area contributed by atoms with Gasteiger partial charge in [0.05, 0.1) is 11.4 Å². The summed E-state index contributed by atoms with van der Waals surface area (Å²) in [6.45, 7) is 6.08. The topological polar surface area (TPSA) is 129 Å². The van der Waals surface area contributed by atoms with E-state index < -0.39 is 6.03 Å². The Morgan fingerprint density at radius 1 is 0.944 bits per heavy atom. The van der Waals surface area contributed by atoms with Gasteiger partial charge in [-0.25, -0.2) is 28.8 Å². The van der Waals surface area contributed by atoms with Crippen molar-refractivity contribution in [3.63, 3.8) is 0 Å². The summed E-state index contributed by atoms with van der Waals surface area (Å²) in [5.74, 6) is 0.420. The molecule has 0 saturated heterocycles. The summed E-state index contributed by atoms with van der Waals surface area (Å²) in [6, 6.07) is 14.5. The molecule has 182 valence electrons. The van der Waals surface area contributed by atoms with Crippen molar-refractivity contribution in [2.24, 2.45) is 0 Å². The van der Waals surface area contributed by atoms with E-state index in [0.717, 1.165) is 11.4 Å². The number of carbonyl (C=O) groups is 1. The van der Waals surface area contributed by atoms with Gasteiger partial charge in [-0.05, 0) is 48.5 Å². The number of nitrogen functional groups attached to an aromatic ring is 1. The van der Waals surface area contributed by atoms with Crippen molar-refractivity contribution in [2.45, 2.75) is 26.2 Å². The highest BCUT2D eigenvalue weighted by atomic mass is 19.1. The molecular formula is C25H24FN9O. The van der Waals surface area contributed by atoms with Gasteiger partial charge in [0.1, 0.15) is 24.3 Å². The molecule has 0 aliphatic carbocycles. The SMILES string of the molecule is CC(C)(C)c1cc(NC(=O)Nc2ccc(-n3cnc4c(N)ncnc43)cc2)n(-c2ccc(F)cc2)n1. The molecule has 0 bridgehead atoms. The standard InChI is InChI=1S/C25H24FN9O/c1-25(2,3)19-12-20(35(33-19)18-8-4-15(26)5-9-18)32-24(36)31-16-6-10-17(11-7-16)34-14-30-21-22(27)28-13-29-23(21)34/h4-14H,1-3H3,(H2,27,28,29)(H2,31,32,36). The lowest BCUT2D eigenvalue weighted by Crippen LogP contribution is -2.21. The first-order chi connectivity index (χ1) is 17.2. The number of nitrogens with two attached hydrogens (primary N) is 1. The number of rotatable bonds is 4. The van der Waals surface area contributed by atoms with Crippen molar-refractivity contribution in [3.05, 3.63) is 78.8 Å². The van der Waals surface area contributed by atoms with Gasteiger partial charge in [-0.1, -0.05) is 20.8 Å². The van der Waals surface area contributed by atoms with E-state index in [1.54, 1.807) is 39.8 Å². The zero-order chi connectivity index (χ0) is 25.4. The monoisotopic (exact) mass is 485 g/mol. The Balaban J connectivity index is 1.36. The van der Waals surface area contributed by atoms with E-state index in [0.29, 0.717) is 34.2 Å². The molecule has 4 N–H and O–H groups in total. The second-order valence-electron chi connectivity index (χ2n) is 9.22. The summed E-state index contributed by atoms with van der Waals surface area (Å²) in [7, 11) is 0. The quantitative estimate of drug-likeness (QED) is 0.339. The number of hydrogen-bond donors (Lipinski definition) is 3. The highest BCUT2D eigenvalue weighted by Gasteiger charge is 2.21. The lowest BCUT2D eigenvalue weighted by atomic mass is 9.92. The van der Waals surface area contributed by atoms with E-state index in [-0.39, 0.29) is 11.2 Å². The molecule has 0 aliphatic rings. The maximum absolute atomic E-state index is 13.4. The summed E-state index contributed by atoms with van der Waals surface area (Å²) >= 11 is 0. The van der Waals surface area contributed by atoms with Crippen molar-refractivity contribution >= 4 is 34.5 Å². The minimum absolute atomic E-state index is 0.249. The molecule has 0 spiro atoms. The fourth-order valence-electron chi connectivity index (χ4n) is 3.64. The third kappa shape index (κ3) is 4.45. The zero-order valence-electron chi connectivity index (χ0n) is 19.9.